The lowest BCUT2D eigenvalue weighted by Crippen LogP contribution is -2.58. The van der Waals surface area contributed by atoms with E-state index in [4.69, 9.17) is 32.7 Å². The Morgan fingerprint density at radius 1 is 1.05 bits per heavy atom. The Balaban J connectivity index is 1.28. The molecule has 3 saturated heterocycles. The first kappa shape index (κ1) is 28.9. The van der Waals surface area contributed by atoms with E-state index >= 15 is 0 Å². The third-order valence-electron chi connectivity index (χ3n) is 9.85. The van der Waals surface area contributed by atoms with Gasteiger partial charge in [0, 0.05) is 48.0 Å². The van der Waals surface area contributed by atoms with Gasteiger partial charge in [-0.1, -0.05) is 62.0 Å². The molecule has 6 rings (SSSR count). The molecule has 9 nitrogen and oxygen atoms in total. The van der Waals surface area contributed by atoms with Gasteiger partial charge < -0.3 is 25.0 Å². The maximum Gasteiger partial charge on any atom is 0.246 e. The minimum Gasteiger partial charge on any atom is -0.379 e. The molecule has 222 valence electrons. The molecule has 2 bridgehead atoms. The lowest BCUT2D eigenvalue weighted by molar-refractivity contribution is -0.142. The van der Waals surface area contributed by atoms with E-state index in [9.17, 15) is 14.4 Å². The monoisotopic (exact) mass is 604 g/mol. The Bertz CT molecular complexity index is 1220. The lowest BCUT2D eigenvalue weighted by Gasteiger charge is -2.38. The van der Waals surface area contributed by atoms with Crippen molar-refractivity contribution >= 4 is 46.6 Å². The second-order valence-corrected chi connectivity index (χ2v) is 13.1. The van der Waals surface area contributed by atoms with Gasteiger partial charge in [0.2, 0.25) is 17.7 Å². The van der Waals surface area contributed by atoms with Crippen molar-refractivity contribution in [2.45, 2.75) is 56.9 Å². The van der Waals surface area contributed by atoms with Crippen molar-refractivity contribution in [3.8, 4) is 0 Å². The molecule has 0 aromatic heterocycles. The summed E-state index contributed by atoms with van der Waals surface area (Å²) in [6.45, 7) is 8.23. The number of morpholine rings is 1. The van der Waals surface area contributed by atoms with Crippen LogP contribution in [0.25, 0.3) is 0 Å². The molecule has 3 amide bonds. The molecule has 4 heterocycles. The van der Waals surface area contributed by atoms with Crippen molar-refractivity contribution in [3.05, 3.63) is 40.4 Å². The van der Waals surface area contributed by atoms with E-state index in [0.717, 1.165) is 32.4 Å². The number of likely N-dealkylation sites (tertiary alicyclic amines) is 1. The van der Waals surface area contributed by atoms with E-state index in [1.807, 2.05) is 12.2 Å². The van der Waals surface area contributed by atoms with Gasteiger partial charge in [-0.15, -0.1) is 0 Å². The van der Waals surface area contributed by atoms with Crippen molar-refractivity contribution in [3.63, 3.8) is 0 Å². The Morgan fingerprint density at radius 2 is 1.78 bits per heavy atom. The van der Waals surface area contributed by atoms with Crippen LogP contribution in [-0.4, -0.2) is 90.7 Å². The van der Waals surface area contributed by atoms with Crippen LogP contribution in [0.2, 0.25) is 10.0 Å². The molecular weight excluding hydrogens is 567 g/mol. The molecule has 11 heteroatoms. The fourth-order valence-corrected chi connectivity index (χ4v) is 8.01. The maximum absolute atomic E-state index is 14.2. The third kappa shape index (κ3) is 5.29. The molecule has 4 aliphatic heterocycles. The van der Waals surface area contributed by atoms with Gasteiger partial charge in [0.15, 0.2) is 0 Å². The first-order valence-corrected chi connectivity index (χ1v) is 15.5. The van der Waals surface area contributed by atoms with Crippen molar-refractivity contribution in [2.75, 3.05) is 44.7 Å². The molecule has 0 unspecified atom stereocenters. The zero-order valence-corrected chi connectivity index (χ0v) is 25.0. The highest BCUT2D eigenvalue weighted by atomic mass is 35.5. The number of benzene rings is 1. The molecule has 4 fully saturated rings. The van der Waals surface area contributed by atoms with Crippen LogP contribution in [0, 0.1) is 23.7 Å². The molecule has 1 saturated carbocycles. The number of hydrogen-bond acceptors (Lipinski definition) is 6. The SMILES string of the molecule is C[C@H]1[C@H](C)CCC[C@@H]1NC(=O)[C@@H]1N(CCN2CCOCC2)C(=O)[C@H]2[C@H](C(=O)Nc3cc(Cl)cc(Cl)c3)[C@H]3C=C[C@@]12O3. The van der Waals surface area contributed by atoms with Crippen LogP contribution in [0.4, 0.5) is 5.69 Å². The van der Waals surface area contributed by atoms with E-state index in [-0.39, 0.29) is 23.8 Å². The topological polar surface area (TPSA) is 100 Å². The summed E-state index contributed by atoms with van der Waals surface area (Å²) in [6, 6.07) is 3.98. The summed E-state index contributed by atoms with van der Waals surface area (Å²) >= 11 is 12.3. The summed E-state index contributed by atoms with van der Waals surface area (Å²) in [5, 5.41) is 6.97. The normalized spacial score (nSPS) is 36.4. The number of nitrogens with one attached hydrogen (secondary N) is 2. The molecule has 5 aliphatic rings. The van der Waals surface area contributed by atoms with Crippen LogP contribution in [0.3, 0.4) is 0 Å². The average Bonchev–Trinajstić information content (AvgIpc) is 3.57. The smallest absolute Gasteiger partial charge is 0.246 e. The number of hydrogen-bond donors (Lipinski definition) is 2. The van der Waals surface area contributed by atoms with Gasteiger partial charge in [0.1, 0.15) is 11.6 Å². The van der Waals surface area contributed by atoms with Crippen LogP contribution in [0.15, 0.2) is 30.4 Å². The van der Waals surface area contributed by atoms with Gasteiger partial charge in [-0.3, -0.25) is 19.3 Å². The number of halogens is 2. The van der Waals surface area contributed by atoms with Crippen LogP contribution >= 0.6 is 23.2 Å². The maximum atomic E-state index is 14.2. The number of amides is 3. The zero-order chi connectivity index (χ0) is 28.9. The van der Waals surface area contributed by atoms with E-state index in [0.29, 0.717) is 53.9 Å². The molecular formula is C30H38Cl2N4O5. The number of carbonyl (C=O) groups is 3. The summed E-state index contributed by atoms with van der Waals surface area (Å²) in [5.41, 5.74) is -0.758. The predicted molar refractivity (Wildman–Crippen MR) is 156 cm³/mol. The van der Waals surface area contributed by atoms with E-state index in [2.05, 4.69) is 29.4 Å². The van der Waals surface area contributed by atoms with Crippen molar-refractivity contribution in [1.29, 1.82) is 0 Å². The van der Waals surface area contributed by atoms with Crippen LogP contribution in [0.5, 0.6) is 0 Å². The summed E-state index contributed by atoms with van der Waals surface area (Å²) in [6.07, 6.45) is 6.19. The predicted octanol–water partition coefficient (Wildman–Crippen LogP) is 3.36. The van der Waals surface area contributed by atoms with Crippen LogP contribution < -0.4 is 10.6 Å². The highest BCUT2D eigenvalue weighted by molar-refractivity contribution is 6.35. The summed E-state index contributed by atoms with van der Waals surface area (Å²) < 4.78 is 12.0. The van der Waals surface area contributed by atoms with Crippen LogP contribution in [-0.2, 0) is 23.9 Å². The Morgan fingerprint density at radius 3 is 2.51 bits per heavy atom. The highest BCUT2D eigenvalue weighted by Crippen LogP contribution is 2.55. The van der Waals surface area contributed by atoms with Gasteiger partial charge >= 0.3 is 0 Å². The number of nitrogens with zero attached hydrogens (tertiary/aromatic N) is 2. The fourth-order valence-electron chi connectivity index (χ4n) is 7.48. The fraction of sp³-hybridized carbons (Fsp3) is 0.633. The molecule has 41 heavy (non-hydrogen) atoms. The quantitative estimate of drug-likeness (QED) is 0.463. The van der Waals surface area contributed by atoms with Gasteiger partial charge in [0.25, 0.3) is 0 Å². The number of anilines is 1. The van der Waals surface area contributed by atoms with E-state index < -0.39 is 29.6 Å². The summed E-state index contributed by atoms with van der Waals surface area (Å²) in [4.78, 5) is 46.0. The van der Waals surface area contributed by atoms with Gasteiger partial charge in [0.05, 0.1) is 31.2 Å². The number of carbonyl (C=O) groups excluding carboxylic acids is 3. The Labute approximate surface area is 250 Å². The Kier molecular flexibility index (Phi) is 8.11. The minimum atomic E-state index is -1.20. The largest absolute Gasteiger partial charge is 0.379 e. The van der Waals surface area contributed by atoms with E-state index in [1.165, 1.54) is 0 Å². The molecule has 1 spiro atoms. The second-order valence-electron chi connectivity index (χ2n) is 12.2. The Hall–Kier alpha value is -2.17. The average molecular weight is 606 g/mol. The molecule has 2 N–H and O–H groups in total. The highest BCUT2D eigenvalue weighted by Gasteiger charge is 2.72. The molecule has 0 radical (unpaired) electrons. The summed E-state index contributed by atoms with van der Waals surface area (Å²) in [5.74, 6) is -1.55. The first-order valence-electron chi connectivity index (χ1n) is 14.7. The van der Waals surface area contributed by atoms with Crippen molar-refractivity contribution < 1.29 is 23.9 Å². The molecule has 1 aliphatic carbocycles. The number of ether oxygens (including phenoxy) is 2. The molecule has 1 aromatic rings. The van der Waals surface area contributed by atoms with Crippen molar-refractivity contribution in [1.82, 2.24) is 15.1 Å². The van der Waals surface area contributed by atoms with Gasteiger partial charge in [-0.25, -0.2) is 0 Å². The van der Waals surface area contributed by atoms with Crippen molar-refractivity contribution in [2.24, 2.45) is 23.7 Å². The van der Waals surface area contributed by atoms with Gasteiger partial charge in [-0.05, 0) is 36.5 Å². The number of rotatable bonds is 7. The number of fused-ring (bicyclic) bond motifs is 1. The van der Waals surface area contributed by atoms with E-state index in [1.54, 1.807) is 23.1 Å². The first-order chi connectivity index (χ1) is 19.7. The standard InChI is InChI=1S/C30H38Cl2N4O5/c1-17-4-3-5-22(18(17)2)34-28(38)26-30-7-6-23(41-30)24(27(37)33-21-15-19(31)14-20(32)16-21)25(30)29(39)36(26)9-8-35-10-12-40-13-11-35/h6-7,14-18,22-26H,3-5,8-13H2,1-2H3,(H,33,37)(H,34,38)/t17-,18+,22+,23-,24-,25-,26+,30+/m1/s1. The second kappa shape index (κ2) is 11.5. The minimum absolute atomic E-state index is 0.0344. The van der Waals surface area contributed by atoms with Crippen LogP contribution in [0.1, 0.15) is 33.1 Å². The third-order valence-corrected chi connectivity index (χ3v) is 10.3. The molecule has 1 aromatic carbocycles. The summed E-state index contributed by atoms with van der Waals surface area (Å²) in [7, 11) is 0. The zero-order valence-electron chi connectivity index (χ0n) is 23.5. The van der Waals surface area contributed by atoms with Gasteiger partial charge in [-0.2, -0.15) is 0 Å². The lowest BCUT2D eigenvalue weighted by atomic mass is 9.73. The molecule has 8 atom stereocenters.